The summed E-state index contributed by atoms with van der Waals surface area (Å²) in [4.78, 5) is 36.2. The number of aromatic nitrogens is 5. The predicted molar refractivity (Wildman–Crippen MR) is 128 cm³/mol. The van der Waals surface area contributed by atoms with Crippen LogP contribution in [0.1, 0.15) is 53.2 Å². The van der Waals surface area contributed by atoms with Crippen LogP contribution in [0.2, 0.25) is 0 Å². The molecule has 11 heteroatoms. The number of anilines is 1. The Balaban J connectivity index is 1.16. The summed E-state index contributed by atoms with van der Waals surface area (Å²) in [6, 6.07) is 7.47. The van der Waals surface area contributed by atoms with Crippen molar-refractivity contribution in [3.05, 3.63) is 53.1 Å². The first-order valence-corrected chi connectivity index (χ1v) is 12.3. The zero-order chi connectivity index (χ0) is 24.6. The summed E-state index contributed by atoms with van der Waals surface area (Å²) in [6.45, 7) is 4.12. The highest BCUT2D eigenvalue weighted by atomic mass is 16.6. The molecular weight excluding hydrogens is 462 g/mol. The third kappa shape index (κ3) is 4.30. The van der Waals surface area contributed by atoms with Gasteiger partial charge in [0.2, 0.25) is 0 Å². The van der Waals surface area contributed by atoms with Gasteiger partial charge in [0.15, 0.2) is 5.82 Å². The van der Waals surface area contributed by atoms with Gasteiger partial charge in [-0.3, -0.25) is 9.78 Å². The van der Waals surface area contributed by atoms with Crippen LogP contribution < -0.4 is 5.32 Å². The molecule has 0 radical (unpaired) electrons. The number of nitrogens with zero attached hydrogens (tertiary/aromatic N) is 6. The molecular formula is C25H27N7O4. The van der Waals surface area contributed by atoms with Gasteiger partial charge >= 0.3 is 6.09 Å². The van der Waals surface area contributed by atoms with Gasteiger partial charge in [0.05, 0.1) is 13.2 Å². The number of amides is 2. The molecule has 1 saturated heterocycles. The van der Waals surface area contributed by atoms with Crippen molar-refractivity contribution in [1.29, 1.82) is 0 Å². The van der Waals surface area contributed by atoms with Crippen molar-refractivity contribution in [2.24, 2.45) is 0 Å². The highest BCUT2D eigenvalue weighted by Gasteiger charge is 2.28. The topological polar surface area (TPSA) is 124 Å². The minimum Gasteiger partial charge on any atom is -0.444 e. The molecule has 2 atom stereocenters. The van der Waals surface area contributed by atoms with Gasteiger partial charge in [0, 0.05) is 38.2 Å². The first kappa shape index (κ1) is 22.6. The molecule has 1 unspecified atom stereocenters. The third-order valence-corrected chi connectivity index (χ3v) is 6.95. The van der Waals surface area contributed by atoms with E-state index in [0.717, 1.165) is 36.2 Å². The molecule has 3 aromatic heterocycles. The fourth-order valence-electron chi connectivity index (χ4n) is 4.95. The number of fused-ring (bicyclic) bond motifs is 2. The van der Waals surface area contributed by atoms with E-state index in [1.807, 2.05) is 12.1 Å². The summed E-state index contributed by atoms with van der Waals surface area (Å²) in [5.41, 5.74) is 2.82. The van der Waals surface area contributed by atoms with Crippen molar-refractivity contribution in [2.75, 3.05) is 25.1 Å². The molecule has 3 aromatic rings. The fourth-order valence-corrected chi connectivity index (χ4v) is 4.95. The van der Waals surface area contributed by atoms with Gasteiger partial charge in [0.1, 0.15) is 29.1 Å². The summed E-state index contributed by atoms with van der Waals surface area (Å²) in [5.74, 6) is 1.70. The molecule has 6 heterocycles. The van der Waals surface area contributed by atoms with Crippen LogP contribution in [-0.2, 0) is 28.9 Å². The number of ether oxygens (including phenoxy) is 2. The maximum absolute atomic E-state index is 13.0. The van der Waals surface area contributed by atoms with E-state index in [9.17, 15) is 9.59 Å². The van der Waals surface area contributed by atoms with Gasteiger partial charge < -0.3 is 24.3 Å². The van der Waals surface area contributed by atoms with Crippen LogP contribution in [0.3, 0.4) is 0 Å². The highest BCUT2D eigenvalue weighted by molar-refractivity contribution is 6.02. The van der Waals surface area contributed by atoms with Crippen LogP contribution in [0.15, 0.2) is 30.5 Å². The van der Waals surface area contributed by atoms with Gasteiger partial charge in [-0.15, -0.1) is 10.2 Å². The van der Waals surface area contributed by atoms with Crippen molar-refractivity contribution in [1.82, 2.24) is 29.6 Å². The van der Waals surface area contributed by atoms with Gasteiger partial charge in [-0.2, -0.15) is 0 Å². The molecule has 2 amide bonds. The number of rotatable bonds is 4. The summed E-state index contributed by atoms with van der Waals surface area (Å²) in [5, 5.41) is 11.4. The van der Waals surface area contributed by atoms with Gasteiger partial charge in [-0.1, -0.05) is 6.07 Å². The number of nitrogens with one attached hydrogen (secondary N) is 1. The van der Waals surface area contributed by atoms with E-state index in [1.165, 1.54) is 0 Å². The van der Waals surface area contributed by atoms with Crippen molar-refractivity contribution < 1.29 is 19.1 Å². The number of hydrogen-bond acceptors (Lipinski definition) is 8. The Labute approximate surface area is 207 Å². The lowest BCUT2D eigenvalue weighted by molar-refractivity contribution is 0.0516. The Morgan fingerprint density at radius 3 is 2.94 bits per heavy atom. The smallest absolute Gasteiger partial charge is 0.410 e. The van der Waals surface area contributed by atoms with Crippen LogP contribution in [0.4, 0.5) is 10.6 Å². The Hall–Kier alpha value is -3.86. The quantitative estimate of drug-likeness (QED) is 0.593. The van der Waals surface area contributed by atoms with Crippen molar-refractivity contribution in [2.45, 2.75) is 51.3 Å². The van der Waals surface area contributed by atoms with E-state index in [1.54, 1.807) is 23.2 Å². The lowest BCUT2D eigenvalue weighted by atomic mass is 10.0. The molecule has 186 valence electrons. The van der Waals surface area contributed by atoms with Crippen molar-refractivity contribution >= 4 is 17.8 Å². The maximum Gasteiger partial charge on any atom is 0.410 e. The van der Waals surface area contributed by atoms with Crippen LogP contribution in [0.25, 0.3) is 11.5 Å². The van der Waals surface area contributed by atoms with Crippen LogP contribution in [-0.4, -0.2) is 67.5 Å². The molecule has 11 nitrogen and oxygen atoms in total. The monoisotopic (exact) mass is 489 g/mol. The normalized spacial score (nSPS) is 20.6. The molecule has 1 fully saturated rings. The van der Waals surface area contributed by atoms with E-state index in [4.69, 9.17) is 9.47 Å². The zero-order valence-corrected chi connectivity index (χ0v) is 20.0. The van der Waals surface area contributed by atoms with Crippen LogP contribution in [0.5, 0.6) is 0 Å². The average Bonchev–Trinajstić information content (AvgIpc) is 3.63. The molecule has 3 aliphatic rings. The van der Waals surface area contributed by atoms with Crippen LogP contribution in [0, 0.1) is 0 Å². The van der Waals surface area contributed by atoms with E-state index >= 15 is 0 Å². The van der Waals surface area contributed by atoms with Gasteiger partial charge in [-0.25, -0.2) is 9.78 Å². The molecule has 1 N–H and O–H groups in total. The Kier molecular flexibility index (Phi) is 5.84. The molecule has 3 aliphatic heterocycles. The van der Waals surface area contributed by atoms with Crippen molar-refractivity contribution in [3.8, 4) is 11.5 Å². The number of pyridine rings is 2. The van der Waals surface area contributed by atoms with Crippen LogP contribution >= 0.6 is 0 Å². The zero-order valence-electron chi connectivity index (χ0n) is 20.0. The SMILES string of the molecule is C[C@@H]1CCc2nnc(-c3cccc(NC(=O)c4cc5c(cn4)CCN(C(=O)OC4CCOC4)C5)n3)n21. The summed E-state index contributed by atoms with van der Waals surface area (Å²) >= 11 is 0. The maximum atomic E-state index is 13.0. The van der Waals surface area contributed by atoms with E-state index in [2.05, 4.69) is 37.0 Å². The Bertz CT molecular complexity index is 1320. The second kappa shape index (κ2) is 9.30. The first-order valence-electron chi connectivity index (χ1n) is 12.3. The summed E-state index contributed by atoms with van der Waals surface area (Å²) in [6.07, 6.45) is 4.48. The highest BCUT2D eigenvalue weighted by Crippen LogP contribution is 2.30. The first-order chi connectivity index (χ1) is 17.5. The molecule has 6 rings (SSSR count). The molecule has 0 bridgehead atoms. The Morgan fingerprint density at radius 2 is 2.08 bits per heavy atom. The largest absolute Gasteiger partial charge is 0.444 e. The second-order valence-electron chi connectivity index (χ2n) is 9.44. The standard InChI is InChI=1S/C25H27N7O4/c1-15-5-6-22-29-30-23(32(15)22)19-3-2-4-21(27-19)28-24(33)20-11-17-13-31(9-7-16(17)12-26-20)25(34)36-18-8-10-35-14-18/h2-4,11-12,15,18H,5-10,13-14H2,1H3,(H,27,28,33)/t15-,18?/m1/s1. The fraction of sp³-hybridized carbons (Fsp3) is 0.440. The average molecular weight is 490 g/mol. The summed E-state index contributed by atoms with van der Waals surface area (Å²) in [7, 11) is 0. The van der Waals surface area contributed by atoms with E-state index in [0.29, 0.717) is 56.1 Å². The number of carbonyl (C=O) groups is 2. The lowest BCUT2D eigenvalue weighted by Crippen LogP contribution is -2.38. The summed E-state index contributed by atoms with van der Waals surface area (Å²) < 4.78 is 12.9. The van der Waals surface area contributed by atoms with Gasteiger partial charge in [-0.05, 0) is 49.1 Å². The lowest BCUT2D eigenvalue weighted by Gasteiger charge is -2.29. The Morgan fingerprint density at radius 1 is 1.17 bits per heavy atom. The number of hydrogen-bond donors (Lipinski definition) is 1. The van der Waals surface area contributed by atoms with Crippen molar-refractivity contribution in [3.63, 3.8) is 0 Å². The van der Waals surface area contributed by atoms with Gasteiger partial charge in [0.25, 0.3) is 5.91 Å². The molecule has 36 heavy (non-hydrogen) atoms. The predicted octanol–water partition coefficient (Wildman–Crippen LogP) is 2.78. The third-order valence-electron chi connectivity index (χ3n) is 6.95. The molecule has 0 spiro atoms. The molecule has 0 aromatic carbocycles. The molecule has 0 saturated carbocycles. The molecule has 0 aliphatic carbocycles. The van der Waals surface area contributed by atoms with E-state index in [-0.39, 0.29) is 23.8 Å². The second-order valence-corrected chi connectivity index (χ2v) is 9.44. The minimum atomic E-state index is -0.370. The van der Waals surface area contributed by atoms with E-state index < -0.39 is 0 Å². The number of carbonyl (C=O) groups excluding carboxylic acids is 2. The minimum absolute atomic E-state index is 0.192. The number of aryl methyl sites for hydroxylation is 1.